The summed E-state index contributed by atoms with van der Waals surface area (Å²) in [4.78, 5) is 15.6. The SMILES string of the molecule is CC1CC(CS(=O)(=O)CCCOc2cccnc2)(C(=O)O)CCO1. The van der Waals surface area contributed by atoms with Gasteiger partial charge in [0.05, 0.1) is 35.8 Å². The number of carbonyl (C=O) groups is 1. The first-order valence-electron chi connectivity index (χ1n) is 7.91. The Morgan fingerprint density at radius 3 is 2.96 bits per heavy atom. The molecule has 8 heteroatoms. The van der Waals surface area contributed by atoms with Crippen molar-refractivity contribution in [2.75, 3.05) is 24.7 Å². The Morgan fingerprint density at radius 1 is 1.54 bits per heavy atom. The van der Waals surface area contributed by atoms with Gasteiger partial charge in [-0.2, -0.15) is 0 Å². The first kappa shape index (κ1) is 18.7. The molecule has 1 aliphatic heterocycles. The molecular weight excluding hydrogens is 334 g/mol. The maximum Gasteiger partial charge on any atom is 0.310 e. The van der Waals surface area contributed by atoms with Crippen LogP contribution in [0.5, 0.6) is 5.75 Å². The molecule has 2 unspecified atom stereocenters. The third-order valence-electron chi connectivity index (χ3n) is 4.11. The van der Waals surface area contributed by atoms with Gasteiger partial charge in [-0.3, -0.25) is 9.78 Å². The third kappa shape index (κ3) is 5.17. The maximum absolute atomic E-state index is 12.4. The van der Waals surface area contributed by atoms with Crippen molar-refractivity contribution in [1.29, 1.82) is 0 Å². The summed E-state index contributed by atoms with van der Waals surface area (Å²) in [6.45, 7) is 2.28. The lowest BCUT2D eigenvalue weighted by atomic mass is 9.80. The number of hydrogen-bond donors (Lipinski definition) is 1. The molecule has 1 saturated heterocycles. The van der Waals surface area contributed by atoms with E-state index in [9.17, 15) is 18.3 Å². The highest BCUT2D eigenvalue weighted by molar-refractivity contribution is 7.91. The van der Waals surface area contributed by atoms with E-state index < -0.39 is 21.2 Å². The molecule has 2 rings (SSSR count). The fourth-order valence-electron chi connectivity index (χ4n) is 2.95. The molecular formula is C16H23NO6S. The first-order valence-corrected chi connectivity index (χ1v) is 9.73. The Balaban J connectivity index is 1.88. The smallest absolute Gasteiger partial charge is 0.310 e. The second-order valence-corrected chi connectivity index (χ2v) is 8.39. The van der Waals surface area contributed by atoms with E-state index in [4.69, 9.17) is 9.47 Å². The Bertz CT molecular complexity index is 648. The van der Waals surface area contributed by atoms with Crippen LogP contribution in [0.3, 0.4) is 0 Å². The number of rotatable bonds is 8. The van der Waals surface area contributed by atoms with Crippen molar-refractivity contribution in [2.45, 2.75) is 32.3 Å². The van der Waals surface area contributed by atoms with Crippen molar-refractivity contribution >= 4 is 15.8 Å². The number of nitrogens with zero attached hydrogens (tertiary/aromatic N) is 1. The summed E-state index contributed by atoms with van der Waals surface area (Å²) >= 11 is 0. The van der Waals surface area contributed by atoms with E-state index >= 15 is 0 Å². The molecule has 0 aliphatic carbocycles. The topological polar surface area (TPSA) is 103 Å². The van der Waals surface area contributed by atoms with Gasteiger partial charge in [-0.05, 0) is 38.3 Å². The normalized spacial score (nSPS) is 24.5. The van der Waals surface area contributed by atoms with Crippen LogP contribution < -0.4 is 4.74 Å². The third-order valence-corrected chi connectivity index (χ3v) is 6.02. The van der Waals surface area contributed by atoms with E-state index in [-0.39, 0.29) is 43.7 Å². The zero-order chi connectivity index (χ0) is 17.6. The number of carboxylic acid groups (broad SMARTS) is 1. The van der Waals surface area contributed by atoms with Crippen LogP contribution in [0.25, 0.3) is 0 Å². The molecule has 0 saturated carbocycles. The number of hydrogen-bond acceptors (Lipinski definition) is 6. The molecule has 7 nitrogen and oxygen atoms in total. The summed E-state index contributed by atoms with van der Waals surface area (Å²) in [5.41, 5.74) is -1.25. The largest absolute Gasteiger partial charge is 0.492 e. The van der Waals surface area contributed by atoms with E-state index in [0.717, 1.165) is 0 Å². The van der Waals surface area contributed by atoms with Crippen molar-refractivity contribution in [3.63, 3.8) is 0 Å². The van der Waals surface area contributed by atoms with Crippen molar-refractivity contribution < 1.29 is 27.8 Å². The summed E-state index contributed by atoms with van der Waals surface area (Å²) in [6.07, 6.45) is 3.67. The average Bonchev–Trinajstić information content (AvgIpc) is 2.52. The minimum absolute atomic E-state index is 0.0997. The fourth-order valence-corrected chi connectivity index (χ4v) is 4.88. The zero-order valence-electron chi connectivity index (χ0n) is 13.7. The van der Waals surface area contributed by atoms with Gasteiger partial charge < -0.3 is 14.6 Å². The van der Waals surface area contributed by atoms with Crippen LogP contribution in [0.2, 0.25) is 0 Å². The van der Waals surface area contributed by atoms with Gasteiger partial charge in [-0.15, -0.1) is 0 Å². The molecule has 0 radical (unpaired) electrons. The summed E-state index contributed by atoms with van der Waals surface area (Å²) in [5, 5.41) is 9.54. The van der Waals surface area contributed by atoms with Gasteiger partial charge in [-0.25, -0.2) is 8.42 Å². The highest BCUT2D eigenvalue weighted by Gasteiger charge is 2.45. The molecule has 1 N–H and O–H groups in total. The van der Waals surface area contributed by atoms with Gasteiger partial charge in [0.1, 0.15) is 5.75 Å². The molecule has 24 heavy (non-hydrogen) atoms. The van der Waals surface area contributed by atoms with Crippen LogP contribution in [0.15, 0.2) is 24.5 Å². The van der Waals surface area contributed by atoms with Gasteiger partial charge in [0, 0.05) is 12.8 Å². The standard InChI is InChI=1S/C16H23NO6S/c1-13-10-16(15(18)19,5-8-22-13)12-24(20,21)9-3-7-23-14-4-2-6-17-11-14/h2,4,6,11,13H,3,5,7-10,12H2,1H3,(H,18,19). The number of aliphatic carboxylic acids is 1. The van der Waals surface area contributed by atoms with Crippen LogP contribution in [-0.2, 0) is 19.4 Å². The molecule has 1 aromatic heterocycles. The number of pyridine rings is 1. The van der Waals surface area contributed by atoms with Crippen molar-refractivity contribution in [3.8, 4) is 5.75 Å². The Morgan fingerprint density at radius 2 is 2.33 bits per heavy atom. The highest BCUT2D eigenvalue weighted by Crippen LogP contribution is 2.35. The fraction of sp³-hybridized carbons (Fsp3) is 0.625. The van der Waals surface area contributed by atoms with Crippen molar-refractivity contribution in [1.82, 2.24) is 4.98 Å². The minimum Gasteiger partial charge on any atom is -0.492 e. The molecule has 0 bridgehead atoms. The highest BCUT2D eigenvalue weighted by atomic mass is 32.2. The molecule has 0 spiro atoms. The van der Waals surface area contributed by atoms with Crippen molar-refractivity contribution in [3.05, 3.63) is 24.5 Å². The number of aromatic nitrogens is 1. The van der Waals surface area contributed by atoms with E-state index in [2.05, 4.69) is 4.98 Å². The lowest BCUT2D eigenvalue weighted by Gasteiger charge is -2.36. The second kappa shape index (κ2) is 7.94. The molecule has 2 atom stereocenters. The summed E-state index contributed by atoms with van der Waals surface area (Å²) < 4.78 is 35.5. The van der Waals surface area contributed by atoms with Gasteiger partial charge >= 0.3 is 5.97 Å². The lowest BCUT2D eigenvalue weighted by Crippen LogP contribution is -2.45. The van der Waals surface area contributed by atoms with Crippen LogP contribution in [0.1, 0.15) is 26.2 Å². The Hall–Kier alpha value is -1.67. The summed E-state index contributed by atoms with van der Waals surface area (Å²) in [6, 6.07) is 3.47. The molecule has 2 heterocycles. The summed E-state index contributed by atoms with van der Waals surface area (Å²) in [5.74, 6) is -0.934. The minimum atomic E-state index is -3.49. The quantitative estimate of drug-likeness (QED) is 0.704. The van der Waals surface area contributed by atoms with Gasteiger partial charge in [0.15, 0.2) is 9.84 Å². The number of carboxylic acids is 1. The van der Waals surface area contributed by atoms with Crippen LogP contribution in [-0.4, -0.2) is 55.3 Å². The van der Waals surface area contributed by atoms with E-state index in [1.807, 2.05) is 0 Å². The molecule has 1 aliphatic rings. The van der Waals surface area contributed by atoms with Crippen LogP contribution >= 0.6 is 0 Å². The number of ether oxygens (including phenoxy) is 2. The Kier molecular flexibility index (Phi) is 6.17. The zero-order valence-corrected chi connectivity index (χ0v) is 14.5. The van der Waals surface area contributed by atoms with Crippen LogP contribution in [0, 0.1) is 5.41 Å². The summed E-state index contributed by atoms with van der Waals surface area (Å²) in [7, 11) is -3.49. The monoisotopic (exact) mass is 357 g/mol. The van der Waals surface area contributed by atoms with E-state index in [1.54, 1.807) is 31.5 Å². The average molecular weight is 357 g/mol. The van der Waals surface area contributed by atoms with Gasteiger partial charge in [0.25, 0.3) is 0 Å². The predicted molar refractivity (Wildman–Crippen MR) is 87.7 cm³/mol. The van der Waals surface area contributed by atoms with E-state index in [1.165, 1.54) is 0 Å². The van der Waals surface area contributed by atoms with Crippen molar-refractivity contribution in [2.24, 2.45) is 5.41 Å². The molecule has 0 amide bonds. The molecule has 1 fully saturated rings. The van der Waals surface area contributed by atoms with Gasteiger partial charge in [0.2, 0.25) is 0 Å². The predicted octanol–water partition coefficient (Wildman–Crippen LogP) is 1.54. The number of sulfone groups is 1. The molecule has 0 aromatic carbocycles. The lowest BCUT2D eigenvalue weighted by molar-refractivity contribution is -0.155. The maximum atomic E-state index is 12.4. The molecule has 1 aromatic rings. The van der Waals surface area contributed by atoms with Crippen LogP contribution in [0.4, 0.5) is 0 Å². The first-order chi connectivity index (χ1) is 11.3. The second-order valence-electron chi connectivity index (χ2n) is 6.20. The van der Waals surface area contributed by atoms with E-state index in [0.29, 0.717) is 12.2 Å². The molecule has 134 valence electrons. The van der Waals surface area contributed by atoms with Gasteiger partial charge in [-0.1, -0.05) is 0 Å². The Labute approximate surface area is 141 Å².